The maximum absolute atomic E-state index is 7.44. The fraction of sp³-hybridized carbons (Fsp3) is 0.0784. The number of furan rings is 2. The zero-order chi connectivity index (χ0) is 37.3. The lowest BCUT2D eigenvalue weighted by Crippen LogP contribution is -2.26. The minimum absolute atomic E-state index is 0.00580. The zero-order valence-electron chi connectivity index (χ0n) is 30.8. The first-order valence-corrected chi connectivity index (χ1v) is 19.2. The molecule has 0 spiro atoms. The number of rotatable bonds is 5. The van der Waals surface area contributed by atoms with Gasteiger partial charge in [0, 0.05) is 50.4 Å². The summed E-state index contributed by atoms with van der Waals surface area (Å²) in [4.78, 5) is 7.64. The van der Waals surface area contributed by atoms with Crippen LogP contribution in [0, 0.1) is 5.92 Å². The second kappa shape index (κ2) is 12.7. The Balaban J connectivity index is 1.10. The Morgan fingerprint density at radius 3 is 2.00 bits per heavy atom. The molecule has 0 radical (unpaired) electrons. The van der Waals surface area contributed by atoms with Crippen LogP contribution in [0.5, 0.6) is 0 Å². The van der Waals surface area contributed by atoms with Crippen LogP contribution in [0.15, 0.2) is 183 Å². The van der Waals surface area contributed by atoms with Crippen molar-refractivity contribution in [2.45, 2.75) is 18.9 Å². The molecule has 0 amide bonds. The van der Waals surface area contributed by atoms with E-state index >= 15 is 0 Å². The second-order valence-corrected chi connectivity index (χ2v) is 15.0. The summed E-state index contributed by atoms with van der Waals surface area (Å²) in [6, 6.07) is 55.1. The fourth-order valence-corrected chi connectivity index (χ4v) is 9.04. The number of anilines is 2. The van der Waals surface area contributed by atoms with Crippen LogP contribution >= 0.6 is 0 Å². The van der Waals surface area contributed by atoms with Crippen molar-refractivity contribution in [2.75, 3.05) is 4.90 Å². The van der Waals surface area contributed by atoms with E-state index in [0.717, 1.165) is 83.2 Å². The first-order chi connectivity index (χ1) is 27.6. The van der Waals surface area contributed by atoms with E-state index in [9.17, 15) is 0 Å². The summed E-state index contributed by atoms with van der Waals surface area (Å²) in [5.74, 6) is 0.886. The van der Waals surface area contributed by atoms with Gasteiger partial charge in [-0.3, -0.25) is 9.89 Å². The number of allylic oxidation sites excluding steroid dienone is 1. The molecule has 2 aliphatic heterocycles. The van der Waals surface area contributed by atoms with E-state index < -0.39 is 0 Å². The van der Waals surface area contributed by atoms with Crippen molar-refractivity contribution in [1.82, 2.24) is 0 Å². The zero-order valence-corrected chi connectivity index (χ0v) is 30.8. The number of benzene rings is 7. The summed E-state index contributed by atoms with van der Waals surface area (Å²) in [7, 11) is 0. The third-order valence-corrected chi connectivity index (χ3v) is 11.7. The van der Waals surface area contributed by atoms with Crippen LogP contribution in [0.3, 0.4) is 0 Å². The van der Waals surface area contributed by atoms with Gasteiger partial charge in [-0.15, -0.1) is 0 Å². The topological polar surface area (TPSA) is 67.9 Å². The highest BCUT2D eigenvalue weighted by molar-refractivity contribution is 6.11. The molecule has 268 valence electrons. The summed E-state index contributed by atoms with van der Waals surface area (Å²) >= 11 is 0. The summed E-state index contributed by atoms with van der Waals surface area (Å²) in [5.41, 5.74) is 20.4. The van der Waals surface area contributed by atoms with Gasteiger partial charge in [0.1, 0.15) is 28.2 Å². The molecule has 56 heavy (non-hydrogen) atoms. The quantitative estimate of drug-likeness (QED) is 0.192. The summed E-state index contributed by atoms with van der Waals surface area (Å²) < 4.78 is 12.9. The van der Waals surface area contributed by atoms with E-state index in [0.29, 0.717) is 5.82 Å². The van der Waals surface area contributed by atoms with Gasteiger partial charge in [-0.05, 0) is 64.6 Å². The van der Waals surface area contributed by atoms with Gasteiger partial charge < -0.3 is 14.6 Å². The summed E-state index contributed by atoms with van der Waals surface area (Å²) in [6.45, 7) is 2.31. The Hall–Kier alpha value is -7.11. The molecule has 3 atom stereocenters. The molecule has 2 aliphatic rings. The highest BCUT2D eigenvalue weighted by atomic mass is 16.3. The Bertz CT molecular complexity index is 3080. The molecule has 11 rings (SSSR count). The molecule has 0 bridgehead atoms. The van der Waals surface area contributed by atoms with E-state index in [1.54, 1.807) is 0 Å². The Kier molecular flexibility index (Phi) is 7.36. The van der Waals surface area contributed by atoms with Crippen LogP contribution in [0.2, 0.25) is 0 Å². The number of nitrogens with two attached hydrogens (primary N) is 1. The number of para-hydroxylation sites is 3. The molecule has 0 aliphatic carbocycles. The molecule has 5 nitrogen and oxygen atoms in total. The molecular formula is C51H37N3O2. The SMILES string of the molecule is C[C@H]1C(c2ccccc2)N=C(/C=C(\N)N2c3ccc(-c4cccc5c4oc4ccccc45)cc3C=Cc3cc4oc5ccccc5c4cc32)C1c1ccccc1. The Morgan fingerprint density at radius 1 is 0.589 bits per heavy atom. The van der Waals surface area contributed by atoms with Gasteiger partial charge in [-0.1, -0.05) is 140 Å². The monoisotopic (exact) mass is 723 g/mol. The van der Waals surface area contributed by atoms with Crippen molar-refractivity contribution < 1.29 is 8.83 Å². The van der Waals surface area contributed by atoms with Gasteiger partial charge in [-0.25, -0.2) is 0 Å². The average Bonchev–Trinajstić information content (AvgIpc) is 3.87. The molecule has 2 unspecified atom stereocenters. The number of nitrogens with zero attached hydrogens (tertiary/aromatic N) is 2. The minimum Gasteiger partial charge on any atom is -0.456 e. The normalized spacial score (nSPS) is 18.1. The van der Waals surface area contributed by atoms with Crippen molar-refractivity contribution in [3.05, 3.63) is 192 Å². The molecule has 7 aromatic carbocycles. The van der Waals surface area contributed by atoms with Gasteiger partial charge >= 0.3 is 0 Å². The van der Waals surface area contributed by atoms with Gasteiger partial charge in [0.15, 0.2) is 0 Å². The lowest BCUT2D eigenvalue weighted by molar-refractivity contribution is 0.484. The van der Waals surface area contributed by atoms with Crippen LogP contribution in [0.4, 0.5) is 11.4 Å². The molecule has 4 heterocycles. The predicted molar refractivity (Wildman–Crippen MR) is 231 cm³/mol. The number of hydrogen-bond acceptors (Lipinski definition) is 5. The first kappa shape index (κ1) is 32.3. The first-order valence-electron chi connectivity index (χ1n) is 19.2. The van der Waals surface area contributed by atoms with Crippen LogP contribution in [-0.4, -0.2) is 5.71 Å². The average molecular weight is 724 g/mol. The van der Waals surface area contributed by atoms with E-state index in [1.807, 2.05) is 24.3 Å². The number of fused-ring (bicyclic) bond motifs is 8. The van der Waals surface area contributed by atoms with Crippen LogP contribution in [-0.2, 0) is 0 Å². The van der Waals surface area contributed by atoms with Crippen molar-refractivity contribution in [3.63, 3.8) is 0 Å². The van der Waals surface area contributed by atoms with Gasteiger partial charge in [-0.2, -0.15) is 0 Å². The Morgan fingerprint density at radius 2 is 1.23 bits per heavy atom. The third-order valence-electron chi connectivity index (χ3n) is 11.7. The number of hydrogen-bond donors (Lipinski definition) is 1. The van der Waals surface area contributed by atoms with Crippen LogP contribution < -0.4 is 10.6 Å². The molecule has 2 aromatic heterocycles. The van der Waals surface area contributed by atoms with E-state index in [1.165, 1.54) is 11.1 Å². The lowest BCUT2D eigenvalue weighted by atomic mass is 9.81. The van der Waals surface area contributed by atoms with Gasteiger partial charge in [0.2, 0.25) is 0 Å². The predicted octanol–water partition coefficient (Wildman–Crippen LogP) is 13.2. The smallest absolute Gasteiger partial charge is 0.143 e. The molecule has 0 fully saturated rings. The van der Waals surface area contributed by atoms with Crippen molar-refractivity contribution in [2.24, 2.45) is 16.6 Å². The minimum atomic E-state index is 0.00580. The van der Waals surface area contributed by atoms with E-state index in [-0.39, 0.29) is 17.9 Å². The van der Waals surface area contributed by atoms with Crippen LogP contribution in [0.1, 0.15) is 41.1 Å². The van der Waals surface area contributed by atoms with Crippen LogP contribution in [0.25, 0.3) is 67.2 Å². The lowest BCUT2D eigenvalue weighted by Gasteiger charge is -2.28. The highest BCUT2D eigenvalue weighted by Gasteiger charge is 2.37. The molecule has 9 aromatic rings. The van der Waals surface area contributed by atoms with Gasteiger partial charge in [0.25, 0.3) is 0 Å². The maximum Gasteiger partial charge on any atom is 0.143 e. The standard InChI is InChI=1S/C51H37N3O2/c1-31-49(32-13-4-2-5-14-32)42(53-50(31)33-15-6-3-7-16-33)30-48(52)54-43-26-25-34(37-19-12-20-40-38-17-8-11-22-46(38)56-51(37)40)27-35(43)23-24-36-28-47-41(29-44(36)54)39-18-9-10-21-45(39)55-47/h2-31,49-50H,52H2,1H3/b48-30+/t31-,49?,50?/m1/s1. The molecule has 5 heteroatoms. The van der Waals surface area contributed by atoms with Crippen molar-refractivity contribution >= 4 is 73.1 Å². The van der Waals surface area contributed by atoms with E-state index in [4.69, 9.17) is 19.6 Å². The van der Waals surface area contributed by atoms with Crippen molar-refractivity contribution in [3.8, 4) is 11.1 Å². The summed E-state index contributed by atoms with van der Waals surface area (Å²) in [6.07, 6.45) is 6.47. The number of aliphatic imine (C=N–C) groups is 1. The third kappa shape index (κ3) is 5.12. The highest BCUT2D eigenvalue weighted by Crippen LogP contribution is 2.47. The van der Waals surface area contributed by atoms with Crippen molar-refractivity contribution in [1.29, 1.82) is 0 Å². The molecule has 2 N–H and O–H groups in total. The summed E-state index contributed by atoms with van der Waals surface area (Å²) in [5, 5.41) is 4.33. The second-order valence-electron chi connectivity index (χ2n) is 15.0. The van der Waals surface area contributed by atoms with Gasteiger partial charge in [0.05, 0.1) is 17.4 Å². The Labute approximate surface area is 324 Å². The van der Waals surface area contributed by atoms with E-state index in [2.05, 4.69) is 164 Å². The molecular weight excluding hydrogens is 687 g/mol. The molecule has 0 saturated carbocycles. The largest absolute Gasteiger partial charge is 0.456 e. The fourth-order valence-electron chi connectivity index (χ4n) is 9.04. The molecule has 0 saturated heterocycles. The maximum atomic E-state index is 7.44.